The number of hydrogen-bond donors (Lipinski definition) is 0. The van der Waals surface area contributed by atoms with E-state index in [0.29, 0.717) is 18.5 Å². The van der Waals surface area contributed by atoms with Crippen molar-refractivity contribution < 1.29 is 4.79 Å². The molecule has 0 aliphatic carbocycles. The van der Waals surface area contributed by atoms with Crippen LogP contribution in [0.2, 0.25) is 0 Å². The van der Waals surface area contributed by atoms with E-state index in [0.717, 1.165) is 12.7 Å². The van der Waals surface area contributed by atoms with Crippen molar-refractivity contribution in [2.24, 2.45) is 0 Å². The molecule has 0 bridgehead atoms. The molecule has 0 radical (unpaired) electrons. The second kappa shape index (κ2) is 5.97. The van der Waals surface area contributed by atoms with Gasteiger partial charge in [-0.1, -0.05) is 12.2 Å². The Bertz CT molecular complexity index is 198. The third kappa shape index (κ3) is 3.26. The molecule has 0 spiro atoms. The lowest BCUT2D eigenvalue weighted by Crippen LogP contribution is -2.35. The normalized spacial score (nSPS) is 23.8. The van der Waals surface area contributed by atoms with Gasteiger partial charge in [-0.2, -0.15) is 0 Å². The fourth-order valence-electron chi connectivity index (χ4n) is 2.20. The van der Waals surface area contributed by atoms with Crippen LogP contribution in [0.5, 0.6) is 0 Å². The van der Waals surface area contributed by atoms with Crippen molar-refractivity contribution in [2.45, 2.75) is 51.6 Å². The van der Waals surface area contributed by atoms with Gasteiger partial charge in [0, 0.05) is 18.5 Å². The molecule has 1 aliphatic rings. The predicted octanol–water partition coefficient (Wildman–Crippen LogP) is 2.39. The smallest absolute Gasteiger partial charge is 0.123 e. The van der Waals surface area contributed by atoms with Gasteiger partial charge in [-0.25, -0.2) is 0 Å². The molecule has 0 N–H and O–H groups in total. The van der Waals surface area contributed by atoms with E-state index in [2.05, 4.69) is 24.8 Å². The number of hydrogen-bond acceptors (Lipinski definition) is 2. The van der Waals surface area contributed by atoms with Gasteiger partial charge >= 0.3 is 0 Å². The average molecular weight is 195 g/mol. The zero-order valence-corrected chi connectivity index (χ0v) is 9.28. The molecule has 0 amide bonds. The van der Waals surface area contributed by atoms with Crippen molar-refractivity contribution in [3.05, 3.63) is 12.2 Å². The third-order valence-electron chi connectivity index (χ3n) is 2.89. The fourth-order valence-corrected chi connectivity index (χ4v) is 2.20. The van der Waals surface area contributed by atoms with Gasteiger partial charge < -0.3 is 4.79 Å². The minimum Gasteiger partial charge on any atom is -0.303 e. The van der Waals surface area contributed by atoms with E-state index in [-0.39, 0.29) is 0 Å². The zero-order chi connectivity index (χ0) is 10.4. The van der Waals surface area contributed by atoms with Crippen molar-refractivity contribution in [3.8, 4) is 0 Å². The maximum atomic E-state index is 10.1. The van der Waals surface area contributed by atoms with E-state index in [9.17, 15) is 4.79 Å². The van der Waals surface area contributed by atoms with Gasteiger partial charge in [0.15, 0.2) is 0 Å². The summed E-state index contributed by atoms with van der Waals surface area (Å²) in [6, 6.07) is 1.36. The molecule has 2 nitrogen and oxygen atoms in total. The van der Waals surface area contributed by atoms with E-state index in [1.54, 1.807) is 0 Å². The lowest BCUT2D eigenvalue weighted by molar-refractivity contribution is -0.107. The Kier molecular flexibility index (Phi) is 4.88. The van der Waals surface area contributed by atoms with Crippen LogP contribution in [-0.2, 0) is 4.79 Å². The number of carbonyl (C=O) groups is 1. The van der Waals surface area contributed by atoms with Gasteiger partial charge in [-0.05, 0) is 39.7 Å². The summed E-state index contributed by atoms with van der Waals surface area (Å²) >= 11 is 0. The lowest BCUT2D eigenvalue weighted by atomic mass is 10.1. The summed E-state index contributed by atoms with van der Waals surface area (Å²) in [6.07, 6.45) is 9.38. The Morgan fingerprint density at radius 3 is 2.86 bits per heavy atom. The summed E-state index contributed by atoms with van der Waals surface area (Å²) in [6.45, 7) is 5.75. The Morgan fingerprint density at radius 2 is 2.21 bits per heavy atom. The van der Waals surface area contributed by atoms with Crippen molar-refractivity contribution in [1.29, 1.82) is 0 Å². The van der Waals surface area contributed by atoms with Crippen LogP contribution >= 0.6 is 0 Å². The highest BCUT2D eigenvalue weighted by molar-refractivity contribution is 5.51. The summed E-state index contributed by atoms with van der Waals surface area (Å²) in [4.78, 5) is 12.7. The van der Waals surface area contributed by atoms with Gasteiger partial charge in [-0.15, -0.1) is 0 Å². The first-order valence-electron chi connectivity index (χ1n) is 5.60. The minimum atomic E-state index is 0.564. The predicted molar refractivity (Wildman–Crippen MR) is 59.3 cm³/mol. The van der Waals surface area contributed by atoms with Crippen LogP contribution in [0.1, 0.15) is 39.5 Å². The maximum Gasteiger partial charge on any atom is 0.123 e. The lowest BCUT2D eigenvalue weighted by Gasteiger charge is -2.27. The van der Waals surface area contributed by atoms with Crippen LogP contribution in [0, 0.1) is 0 Å². The van der Waals surface area contributed by atoms with Crippen molar-refractivity contribution in [1.82, 2.24) is 4.90 Å². The van der Waals surface area contributed by atoms with Crippen LogP contribution in [0.3, 0.4) is 0 Å². The number of allylic oxidation sites excluding steroid dienone is 1. The number of likely N-dealkylation sites (tertiary alicyclic amines) is 1. The Hall–Kier alpha value is -0.630. The molecule has 0 aromatic heterocycles. The van der Waals surface area contributed by atoms with Crippen molar-refractivity contribution >= 4 is 6.29 Å². The molecular weight excluding hydrogens is 174 g/mol. The largest absolute Gasteiger partial charge is 0.303 e. The standard InChI is InChI=1S/C12H21NO/c1-11(2)13-9-6-8-12(13)7-4-3-5-10-14/h3-4,10-12H,5-9H2,1-2H3/b4-3-. The Balaban J connectivity index is 2.32. The van der Waals surface area contributed by atoms with Crippen molar-refractivity contribution in [2.75, 3.05) is 6.54 Å². The molecule has 2 heteroatoms. The number of nitrogens with zero attached hydrogens (tertiary/aromatic N) is 1. The number of rotatable bonds is 5. The summed E-state index contributed by atoms with van der Waals surface area (Å²) in [5, 5.41) is 0. The second-order valence-corrected chi connectivity index (χ2v) is 4.24. The summed E-state index contributed by atoms with van der Waals surface area (Å²) in [7, 11) is 0. The number of aldehydes is 1. The summed E-state index contributed by atoms with van der Waals surface area (Å²) in [5.74, 6) is 0. The summed E-state index contributed by atoms with van der Waals surface area (Å²) in [5.41, 5.74) is 0. The van der Waals surface area contributed by atoms with E-state index < -0.39 is 0 Å². The van der Waals surface area contributed by atoms with Crippen LogP contribution in [0.4, 0.5) is 0 Å². The van der Waals surface area contributed by atoms with Crippen LogP contribution in [0.25, 0.3) is 0 Å². The van der Waals surface area contributed by atoms with Crippen molar-refractivity contribution in [3.63, 3.8) is 0 Å². The molecule has 1 unspecified atom stereocenters. The first-order chi connectivity index (χ1) is 6.75. The second-order valence-electron chi connectivity index (χ2n) is 4.24. The fraction of sp³-hybridized carbons (Fsp3) is 0.750. The molecule has 80 valence electrons. The molecule has 1 fully saturated rings. The molecule has 1 atom stereocenters. The molecule has 1 saturated heterocycles. The molecule has 1 rings (SSSR count). The van der Waals surface area contributed by atoms with Gasteiger partial charge in [0.05, 0.1) is 0 Å². The number of carbonyl (C=O) groups excluding carboxylic acids is 1. The Morgan fingerprint density at radius 1 is 1.43 bits per heavy atom. The van der Waals surface area contributed by atoms with E-state index in [4.69, 9.17) is 0 Å². The third-order valence-corrected chi connectivity index (χ3v) is 2.89. The van der Waals surface area contributed by atoms with Crippen LogP contribution in [0.15, 0.2) is 12.2 Å². The minimum absolute atomic E-state index is 0.564. The molecule has 14 heavy (non-hydrogen) atoms. The van der Waals surface area contributed by atoms with Gasteiger partial charge in [-0.3, -0.25) is 4.90 Å². The first-order valence-corrected chi connectivity index (χ1v) is 5.60. The topological polar surface area (TPSA) is 20.3 Å². The molecule has 0 saturated carbocycles. The highest BCUT2D eigenvalue weighted by atomic mass is 16.1. The highest BCUT2D eigenvalue weighted by Gasteiger charge is 2.24. The highest BCUT2D eigenvalue weighted by Crippen LogP contribution is 2.22. The molecular formula is C12H21NO. The zero-order valence-electron chi connectivity index (χ0n) is 9.28. The van der Waals surface area contributed by atoms with E-state index in [1.807, 2.05) is 6.08 Å². The first kappa shape index (κ1) is 11.4. The molecule has 0 aromatic carbocycles. The van der Waals surface area contributed by atoms with E-state index >= 15 is 0 Å². The van der Waals surface area contributed by atoms with Gasteiger partial charge in [0.2, 0.25) is 0 Å². The SMILES string of the molecule is CC(C)N1CCCC1C/C=C\CC=O. The van der Waals surface area contributed by atoms with Crippen LogP contribution in [-0.4, -0.2) is 29.8 Å². The van der Waals surface area contributed by atoms with Crippen LogP contribution < -0.4 is 0 Å². The monoisotopic (exact) mass is 195 g/mol. The average Bonchev–Trinajstić information content (AvgIpc) is 2.60. The summed E-state index contributed by atoms with van der Waals surface area (Å²) < 4.78 is 0. The maximum absolute atomic E-state index is 10.1. The molecule has 1 heterocycles. The van der Waals surface area contributed by atoms with Gasteiger partial charge in [0.1, 0.15) is 6.29 Å². The molecule has 0 aromatic rings. The molecule has 1 aliphatic heterocycles. The quantitative estimate of drug-likeness (QED) is 0.496. The Labute approximate surface area is 87.0 Å². The van der Waals surface area contributed by atoms with Gasteiger partial charge in [0.25, 0.3) is 0 Å². The van der Waals surface area contributed by atoms with E-state index in [1.165, 1.54) is 19.4 Å².